The van der Waals surface area contributed by atoms with Crippen molar-refractivity contribution < 1.29 is 14.6 Å². The summed E-state index contributed by atoms with van der Waals surface area (Å²) in [4.78, 5) is 2.62. The van der Waals surface area contributed by atoms with Crippen LogP contribution in [0.5, 0.6) is 11.5 Å². The fourth-order valence-corrected chi connectivity index (χ4v) is 6.53. The maximum absolute atomic E-state index is 11.3. The first kappa shape index (κ1) is 23.9. The van der Waals surface area contributed by atoms with Crippen LogP contribution in [-0.4, -0.2) is 48.0 Å². The molecule has 0 amide bonds. The van der Waals surface area contributed by atoms with Gasteiger partial charge >= 0.3 is 0 Å². The van der Waals surface area contributed by atoms with E-state index in [4.69, 9.17) is 9.47 Å². The summed E-state index contributed by atoms with van der Waals surface area (Å²) in [5.74, 6) is 2.19. The van der Waals surface area contributed by atoms with Gasteiger partial charge in [0, 0.05) is 30.6 Å². The predicted octanol–water partition coefficient (Wildman–Crippen LogP) is 6.40. The van der Waals surface area contributed by atoms with Gasteiger partial charge in [0.05, 0.1) is 13.2 Å². The van der Waals surface area contributed by atoms with Crippen molar-refractivity contribution in [1.82, 2.24) is 4.90 Å². The molecule has 0 spiro atoms. The summed E-state index contributed by atoms with van der Waals surface area (Å²) in [7, 11) is 0. The first-order chi connectivity index (χ1) is 15.2. The highest BCUT2D eigenvalue weighted by Gasteiger charge is 2.48. The molecule has 4 heteroatoms. The Morgan fingerprint density at radius 1 is 1.09 bits per heavy atom. The largest absolute Gasteiger partial charge is 0.508 e. The Morgan fingerprint density at radius 3 is 2.56 bits per heavy atom. The van der Waals surface area contributed by atoms with Gasteiger partial charge in [-0.3, -0.25) is 4.90 Å². The first-order valence-corrected chi connectivity index (χ1v) is 13.1. The van der Waals surface area contributed by atoms with E-state index >= 15 is 0 Å². The molecule has 32 heavy (non-hydrogen) atoms. The van der Waals surface area contributed by atoms with Gasteiger partial charge in [-0.25, -0.2) is 0 Å². The number of phenols is 1. The molecule has 0 radical (unpaired) electrons. The van der Waals surface area contributed by atoms with Gasteiger partial charge in [0.15, 0.2) is 0 Å². The highest BCUT2D eigenvalue weighted by atomic mass is 16.5. The standard InChI is InChI=1S/C28H45NO3/c1-6-7-8-9-12-27(2,3)20-17-24(30)26-22-19-21(29-13-15-31-16-14-29)10-11-23(22)28(4,5)32-25(26)18-20/h17-18,21-23,30H,6-16,19H2,1-5H3/t21?,22-,23-/m1/s1. The lowest BCUT2D eigenvalue weighted by molar-refractivity contribution is -0.0404. The molecule has 2 aliphatic heterocycles. The summed E-state index contributed by atoms with van der Waals surface area (Å²) in [5.41, 5.74) is 2.11. The van der Waals surface area contributed by atoms with E-state index in [-0.39, 0.29) is 11.0 Å². The first-order valence-electron chi connectivity index (χ1n) is 13.1. The van der Waals surface area contributed by atoms with Crippen LogP contribution in [0.1, 0.15) is 103 Å². The number of rotatable bonds is 7. The number of morpholine rings is 1. The molecule has 1 saturated carbocycles. The minimum atomic E-state index is -0.204. The van der Waals surface area contributed by atoms with E-state index in [2.05, 4.69) is 51.7 Å². The minimum Gasteiger partial charge on any atom is -0.508 e. The predicted molar refractivity (Wildman–Crippen MR) is 131 cm³/mol. The number of aromatic hydroxyl groups is 1. The molecule has 2 fully saturated rings. The Kier molecular flexibility index (Phi) is 7.12. The lowest BCUT2D eigenvalue weighted by Gasteiger charge is -2.51. The Balaban J connectivity index is 1.60. The van der Waals surface area contributed by atoms with Crippen LogP contribution in [0, 0.1) is 5.92 Å². The molecule has 1 saturated heterocycles. The zero-order chi connectivity index (χ0) is 22.9. The van der Waals surface area contributed by atoms with E-state index in [0.717, 1.165) is 56.9 Å². The molecule has 1 aliphatic carbocycles. The maximum atomic E-state index is 11.3. The molecular formula is C28H45NO3. The van der Waals surface area contributed by atoms with E-state index in [1.165, 1.54) is 37.7 Å². The van der Waals surface area contributed by atoms with Gasteiger partial charge in [0.25, 0.3) is 0 Å². The molecule has 1 aromatic carbocycles. The monoisotopic (exact) mass is 443 g/mol. The molecule has 0 bridgehead atoms. The molecule has 1 aromatic rings. The van der Waals surface area contributed by atoms with Crippen molar-refractivity contribution in [2.75, 3.05) is 26.3 Å². The number of hydrogen-bond donors (Lipinski definition) is 1. The third-order valence-electron chi connectivity index (χ3n) is 8.58. The van der Waals surface area contributed by atoms with Gasteiger partial charge in [-0.15, -0.1) is 0 Å². The van der Waals surface area contributed by atoms with Crippen LogP contribution in [0.3, 0.4) is 0 Å². The quantitative estimate of drug-likeness (QED) is 0.495. The Labute approximate surface area is 195 Å². The number of phenolic OH excluding ortho intramolecular Hbond substituents is 1. The minimum absolute atomic E-state index is 0.0352. The van der Waals surface area contributed by atoms with Gasteiger partial charge in [-0.2, -0.15) is 0 Å². The molecule has 3 aliphatic rings. The summed E-state index contributed by atoms with van der Waals surface area (Å²) >= 11 is 0. The number of unbranched alkanes of at least 4 members (excludes halogenated alkanes) is 3. The van der Waals surface area contributed by atoms with E-state index in [1.807, 2.05) is 0 Å². The number of benzene rings is 1. The number of hydrogen-bond acceptors (Lipinski definition) is 4. The molecule has 0 aromatic heterocycles. The van der Waals surface area contributed by atoms with Gasteiger partial charge < -0.3 is 14.6 Å². The lowest BCUT2D eigenvalue weighted by Crippen LogP contribution is -2.52. The second-order valence-corrected chi connectivity index (χ2v) is 11.6. The number of nitrogens with zero attached hydrogens (tertiary/aromatic N) is 1. The molecule has 4 nitrogen and oxygen atoms in total. The second-order valence-electron chi connectivity index (χ2n) is 11.6. The molecule has 180 valence electrons. The average Bonchev–Trinajstić information content (AvgIpc) is 2.76. The molecule has 3 atom stereocenters. The van der Waals surface area contributed by atoms with Crippen molar-refractivity contribution in [3.05, 3.63) is 23.3 Å². The van der Waals surface area contributed by atoms with E-state index in [9.17, 15) is 5.11 Å². The lowest BCUT2D eigenvalue weighted by atomic mass is 9.64. The van der Waals surface area contributed by atoms with Crippen molar-refractivity contribution in [2.24, 2.45) is 5.92 Å². The van der Waals surface area contributed by atoms with E-state index < -0.39 is 0 Å². The van der Waals surface area contributed by atoms with Crippen molar-refractivity contribution >= 4 is 0 Å². The number of ether oxygens (including phenoxy) is 2. The second kappa shape index (κ2) is 9.54. The highest BCUT2D eigenvalue weighted by Crippen LogP contribution is 2.55. The van der Waals surface area contributed by atoms with Gasteiger partial charge in [0.2, 0.25) is 0 Å². The molecule has 1 N–H and O–H groups in total. The summed E-state index contributed by atoms with van der Waals surface area (Å²) in [5, 5.41) is 11.3. The van der Waals surface area contributed by atoms with Crippen LogP contribution in [-0.2, 0) is 10.2 Å². The maximum Gasteiger partial charge on any atom is 0.127 e. The zero-order valence-electron chi connectivity index (χ0n) is 21.1. The molecule has 4 rings (SSSR count). The topological polar surface area (TPSA) is 41.9 Å². The van der Waals surface area contributed by atoms with Crippen LogP contribution in [0.4, 0.5) is 0 Å². The molecule has 2 heterocycles. The smallest absolute Gasteiger partial charge is 0.127 e. The van der Waals surface area contributed by atoms with E-state index in [0.29, 0.717) is 23.6 Å². The normalized spacial score (nSPS) is 28.0. The summed E-state index contributed by atoms with van der Waals surface area (Å²) in [6.45, 7) is 15.1. The summed E-state index contributed by atoms with van der Waals surface area (Å²) < 4.78 is 12.2. The number of fused-ring (bicyclic) bond motifs is 3. The highest BCUT2D eigenvalue weighted by molar-refractivity contribution is 5.53. The summed E-state index contributed by atoms with van der Waals surface area (Å²) in [6, 6.07) is 4.89. The van der Waals surface area contributed by atoms with E-state index in [1.54, 1.807) is 0 Å². The zero-order valence-corrected chi connectivity index (χ0v) is 21.1. The van der Waals surface area contributed by atoms with Gasteiger partial charge in [-0.1, -0.05) is 46.5 Å². The van der Waals surface area contributed by atoms with Crippen LogP contribution >= 0.6 is 0 Å². The SMILES string of the molecule is CCCCCCC(C)(C)c1cc(O)c2c(c1)OC(C)(C)[C@@H]1CCC(N3CCOCC3)C[C@@H]21. The van der Waals surface area contributed by atoms with Crippen molar-refractivity contribution in [3.8, 4) is 11.5 Å². The van der Waals surface area contributed by atoms with Crippen LogP contribution in [0.25, 0.3) is 0 Å². The molecule has 1 unspecified atom stereocenters. The van der Waals surface area contributed by atoms with Crippen molar-refractivity contribution in [1.29, 1.82) is 0 Å². The fraction of sp³-hybridized carbons (Fsp3) is 0.786. The average molecular weight is 444 g/mol. The Morgan fingerprint density at radius 2 is 1.84 bits per heavy atom. The third kappa shape index (κ3) is 4.82. The van der Waals surface area contributed by atoms with Gasteiger partial charge in [0.1, 0.15) is 17.1 Å². The van der Waals surface area contributed by atoms with Crippen molar-refractivity contribution in [2.45, 2.75) is 109 Å². The fourth-order valence-electron chi connectivity index (χ4n) is 6.53. The molecular weight excluding hydrogens is 398 g/mol. The Hall–Kier alpha value is -1.26. The summed E-state index contributed by atoms with van der Waals surface area (Å²) in [6.07, 6.45) is 9.70. The van der Waals surface area contributed by atoms with Crippen LogP contribution in [0.2, 0.25) is 0 Å². The van der Waals surface area contributed by atoms with Crippen molar-refractivity contribution in [3.63, 3.8) is 0 Å². The van der Waals surface area contributed by atoms with Crippen LogP contribution in [0.15, 0.2) is 12.1 Å². The third-order valence-corrected chi connectivity index (χ3v) is 8.58. The van der Waals surface area contributed by atoms with Gasteiger partial charge in [-0.05, 0) is 68.6 Å². The van der Waals surface area contributed by atoms with Crippen LogP contribution < -0.4 is 4.74 Å². The Bertz CT molecular complexity index is 781.